The van der Waals surface area contributed by atoms with E-state index < -0.39 is 6.04 Å². The first-order chi connectivity index (χ1) is 15.3. The highest BCUT2D eigenvalue weighted by Crippen LogP contribution is 2.48. The number of anilines is 2. The maximum Gasteiger partial charge on any atom is 0.227 e. The number of ether oxygens (including phenoxy) is 1. The van der Waals surface area contributed by atoms with Crippen molar-refractivity contribution in [3.8, 4) is 5.75 Å². The molecule has 1 amide bonds. The molecule has 32 heavy (non-hydrogen) atoms. The Hall–Kier alpha value is -3.08. The third kappa shape index (κ3) is 4.16. The largest absolute Gasteiger partial charge is 0.494 e. The highest BCUT2D eigenvalue weighted by atomic mass is 16.5. The van der Waals surface area contributed by atoms with Gasteiger partial charge in [-0.1, -0.05) is 52.0 Å². The lowest BCUT2D eigenvalue weighted by atomic mass is 9.73. The Morgan fingerprint density at radius 3 is 2.66 bits per heavy atom. The molecule has 1 atom stereocenters. The molecule has 0 saturated carbocycles. The van der Waals surface area contributed by atoms with Gasteiger partial charge in [-0.2, -0.15) is 0 Å². The van der Waals surface area contributed by atoms with Gasteiger partial charge >= 0.3 is 0 Å². The quantitative estimate of drug-likeness (QED) is 0.627. The summed E-state index contributed by atoms with van der Waals surface area (Å²) >= 11 is 0. The maximum absolute atomic E-state index is 13.6. The zero-order chi connectivity index (χ0) is 22.9. The summed E-state index contributed by atoms with van der Waals surface area (Å²) in [5.74, 6) is 0.829. The van der Waals surface area contributed by atoms with Crippen LogP contribution in [0.5, 0.6) is 5.75 Å². The van der Waals surface area contributed by atoms with Crippen LogP contribution in [-0.2, 0) is 9.59 Å². The van der Waals surface area contributed by atoms with Crippen LogP contribution < -0.4 is 15.0 Å². The molecule has 0 fully saturated rings. The molecule has 0 unspecified atom stereocenters. The van der Waals surface area contributed by atoms with Crippen molar-refractivity contribution in [1.82, 2.24) is 0 Å². The van der Waals surface area contributed by atoms with Gasteiger partial charge in [0.2, 0.25) is 5.91 Å². The van der Waals surface area contributed by atoms with Crippen LogP contribution in [0.4, 0.5) is 11.4 Å². The van der Waals surface area contributed by atoms with Gasteiger partial charge in [0.1, 0.15) is 5.75 Å². The Bertz CT molecular complexity index is 1070. The highest BCUT2D eigenvalue weighted by Gasteiger charge is 2.42. The number of carbonyl (C=O) groups is 2. The van der Waals surface area contributed by atoms with E-state index in [0.29, 0.717) is 25.0 Å². The number of nitrogens with one attached hydrogen (secondary N) is 1. The van der Waals surface area contributed by atoms with Crippen LogP contribution in [0, 0.1) is 5.41 Å². The van der Waals surface area contributed by atoms with Crippen molar-refractivity contribution in [2.45, 2.75) is 59.4 Å². The molecule has 0 aromatic heterocycles. The SMILES string of the molecule is CCCOc1cccc([C@H]2C3=C(CC(C)(C)CC3=O)Nc3ccccc3N2C(=O)CC)c1. The second-order valence-electron chi connectivity index (χ2n) is 9.42. The van der Waals surface area contributed by atoms with Crippen molar-refractivity contribution >= 4 is 23.1 Å². The third-order valence-corrected chi connectivity index (χ3v) is 6.12. The summed E-state index contributed by atoms with van der Waals surface area (Å²) in [5.41, 5.74) is 4.00. The fraction of sp³-hybridized carbons (Fsp3) is 0.407. The van der Waals surface area contributed by atoms with Gasteiger partial charge < -0.3 is 10.1 Å². The van der Waals surface area contributed by atoms with Crippen LogP contribution in [0.1, 0.15) is 65.0 Å². The molecule has 5 nitrogen and oxygen atoms in total. The minimum absolute atomic E-state index is 0.0180. The molecule has 0 spiro atoms. The Morgan fingerprint density at radius 2 is 1.91 bits per heavy atom. The van der Waals surface area contributed by atoms with E-state index in [1.54, 1.807) is 4.90 Å². The molecule has 0 radical (unpaired) electrons. The van der Waals surface area contributed by atoms with Crippen molar-refractivity contribution < 1.29 is 14.3 Å². The fourth-order valence-corrected chi connectivity index (χ4v) is 4.74. The van der Waals surface area contributed by atoms with Crippen molar-refractivity contribution in [3.05, 3.63) is 65.4 Å². The summed E-state index contributed by atoms with van der Waals surface area (Å²) < 4.78 is 5.89. The monoisotopic (exact) mass is 432 g/mol. The summed E-state index contributed by atoms with van der Waals surface area (Å²) in [5, 5.41) is 3.54. The summed E-state index contributed by atoms with van der Waals surface area (Å²) in [6, 6.07) is 15.2. The molecule has 0 bridgehead atoms. The molecule has 2 aromatic carbocycles. The van der Waals surface area contributed by atoms with E-state index in [0.717, 1.165) is 41.2 Å². The number of amides is 1. The Kier molecular flexibility index (Phi) is 6.09. The molecule has 2 aromatic rings. The molecule has 1 heterocycles. The van der Waals surface area contributed by atoms with Crippen LogP contribution >= 0.6 is 0 Å². The van der Waals surface area contributed by atoms with Gasteiger partial charge in [-0.15, -0.1) is 0 Å². The molecular weight excluding hydrogens is 400 g/mol. The number of carbonyl (C=O) groups excluding carboxylic acids is 2. The van der Waals surface area contributed by atoms with Crippen LogP contribution in [0.2, 0.25) is 0 Å². The number of fused-ring (bicyclic) bond motifs is 1. The van der Waals surface area contributed by atoms with Crippen molar-refractivity contribution in [2.75, 3.05) is 16.8 Å². The number of ketones is 1. The van der Waals surface area contributed by atoms with Gasteiger partial charge in [-0.05, 0) is 48.1 Å². The number of hydrogen-bond acceptors (Lipinski definition) is 4. The lowest BCUT2D eigenvalue weighted by Gasteiger charge is -2.37. The molecule has 1 N–H and O–H groups in total. The van der Waals surface area contributed by atoms with E-state index in [2.05, 4.69) is 26.1 Å². The Morgan fingerprint density at radius 1 is 1.12 bits per heavy atom. The van der Waals surface area contributed by atoms with Gasteiger partial charge in [0.15, 0.2) is 5.78 Å². The molecule has 5 heteroatoms. The van der Waals surface area contributed by atoms with Crippen LogP contribution in [-0.4, -0.2) is 18.3 Å². The number of benzene rings is 2. The zero-order valence-corrected chi connectivity index (χ0v) is 19.4. The molecule has 2 aliphatic rings. The van der Waals surface area contributed by atoms with E-state index in [1.807, 2.05) is 55.5 Å². The molecule has 168 valence electrons. The standard InChI is InChI=1S/C27H32N2O3/c1-5-14-32-19-11-9-10-18(15-19)26-25-21(16-27(3,4)17-23(25)30)28-20-12-7-8-13-22(20)29(26)24(31)6-2/h7-13,15,26,28H,5-6,14,16-17H2,1-4H3/t26-/m0/s1. The second-order valence-corrected chi connectivity index (χ2v) is 9.42. The Balaban J connectivity index is 1.95. The molecule has 1 aliphatic carbocycles. The van der Waals surface area contributed by atoms with Gasteiger partial charge in [0.05, 0.1) is 24.0 Å². The number of rotatable bonds is 5. The van der Waals surface area contributed by atoms with E-state index in [4.69, 9.17) is 4.74 Å². The number of hydrogen-bond donors (Lipinski definition) is 1. The first-order valence-corrected chi connectivity index (χ1v) is 11.5. The van der Waals surface area contributed by atoms with E-state index in [1.165, 1.54) is 0 Å². The molecular formula is C27H32N2O3. The second kappa shape index (κ2) is 8.81. The van der Waals surface area contributed by atoms with Crippen LogP contribution in [0.25, 0.3) is 0 Å². The predicted molar refractivity (Wildman–Crippen MR) is 128 cm³/mol. The summed E-state index contributed by atoms with van der Waals surface area (Å²) in [6.45, 7) is 8.80. The van der Waals surface area contributed by atoms with Gasteiger partial charge in [-0.3, -0.25) is 14.5 Å². The number of allylic oxidation sites excluding steroid dienone is 1. The average molecular weight is 433 g/mol. The van der Waals surface area contributed by atoms with Crippen molar-refractivity contribution in [2.24, 2.45) is 5.41 Å². The van der Waals surface area contributed by atoms with Gasteiger partial charge in [0.25, 0.3) is 0 Å². The topological polar surface area (TPSA) is 58.6 Å². The van der Waals surface area contributed by atoms with Gasteiger partial charge in [0, 0.05) is 24.1 Å². The first-order valence-electron chi connectivity index (χ1n) is 11.5. The Labute approximate surface area is 190 Å². The van der Waals surface area contributed by atoms with Crippen LogP contribution in [0.15, 0.2) is 59.8 Å². The van der Waals surface area contributed by atoms with Crippen molar-refractivity contribution in [3.63, 3.8) is 0 Å². The number of nitrogens with zero attached hydrogens (tertiary/aromatic N) is 1. The predicted octanol–water partition coefficient (Wildman–Crippen LogP) is 6.03. The first kappa shape index (κ1) is 22.1. The average Bonchev–Trinajstić information content (AvgIpc) is 2.90. The summed E-state index contributed by atoms with van der Waals surface area (Å²) in [6.07, 6.45) is 2.47. The minimum Gasteiger partial charge on any atom is -0.494 e. The smallest absolute Gasteiger partial charge is 0.227 e. The highest BCUT2D eigenvalue weighted by molar-refractivity contribution is 6.06. The zero-order valence-electron chi connectivity index (χ0n) is 19.4. The fourth-order valence-electron chi connectivity index (χ4n) is 4.74. The maximum atomic E-state index is 13.6. The number of Topliss-reactive ketones (excluding diaryl/α,β-unsaturated/α-hetero) is 1. The van der Waals surface area contributed by atoms with Crippen LogP contribution in [0.3, 0.4) is 0 Å². The normalized spacial score (nSPS) is 19.6. The minimum atomic E-state index is -0.498. The van der Waals surface area contributed by atoms with Crippen molar-refractivity contribution in [1.29, 1.82) is 0 Å². The lowest BCUT2D eigenvalue weighted by Crippen LogP contribution is -2.39. The summed E-state index contributed by atoms with van der Waals surface area (Å²) in [4.78, 5) is 28.7. The van der Waals surface area contributed by atoms with E-state index in [-0.39, 0.29) is 17.1 Å². The third-order valence-electron chi connectivity index (χ3n) is 6.12. The van der Waals surface area contributed by atoms with E-state index >= 15 is 0 Å². The molecule has 4 rings (SSSR count). The lowest BCUT2D eigenvalue weighted by molar-refractivity contribution is -0.119. The van der Waals surface area contributed by atoms with E-state index in [9.17, 15) is 9.59 Å². The van der Waals surface area contributed by atoms with Gasteiger partial charge in [-0.25, -0.2) is 0 Å². The molecule has 1 aliphatic heterocycles. The molecule has 0 saturated heterocycles. The summed E-state index contributed by atoms with van der Waals surface area (Å²) in [7, 11) is 0. The number of para-hydroxylation sites is 2.